The van der Waals surface area contributed by atoms with E-state index >= 15 is 0 Å². The molecule has 1 heterocycles. The quantitative estimate of drug-likeness (QED) is 0.533. The molecular formula is C19H28N2O4S2. The number of carbonyl (C=O) groups excluding carboxylic acids is 2. The zero-order chi connectivity index (χ0) is 20.0. The van der Waals surface area contributed by atoms with Gasteiger partial charge in [-0.05, 0) is 70.2 Å². The molecular weight excluding hydrogens is 384 g/mol. The summed E-state index contributed by atoms with van der Waals surface area (Å²) in [6.45, 7) is 8.01. The largest absolute Gasteiger partial charge is 0.462 e. The van der Waals surface area contributed by atoms with Gasteiger partial charge in [-0.1, -0.05) is 6.92 Å². The Bertz CT molecular complexity index is 694. The minimum atomic E-state index is -0.474. The molecule has 0 saturated heterocycles. The second-order valence-corrected chi connectivity index (χ2v) is 8.19. The normalized spacial score (nSPS) is 19.3. The highest BCUT2D eigenvalue weighted by Gasteiger charge is 2.27. The molecule has 0 bridgehead atoms. The van der Waals surface area contributed by atoms with Gasteiger partial charge in [0.15, 0.2) is 5.11 Å². The van der Waals surface area contributed by atoms with E-state index in [1.54, 1.807) is 20.8 Å². The lowest BCUT2D eigenvalue weighted by atomic mass is 9.87. The van der Waals surface area contributed by atoms with Crippen molar-refractivity contribution in [3.8, 4) is 0 Å². The molecule has 0 amide bonds. The van der Waals surface area contributed by atoms with Crippen LogP contribution >= 0.6 is 23.6 Å². The Morgan fingerprint density at radius 2 is 1.70 bits per heavy atom. The van der Waals surface area contributed by atoms with E-state index in [4.69, 9.17) is 21.7 Å². The maximum atomic E-state index is 12.4. The maximum absolute atomic E-state index is 12.4. The van der Waals surface area contributed by atoms with Crippen molar-refractivity contribution >= 4 is 45.6 Å². The molecule has 150 valence electrons. The molecule has 27 heavy (non-hydrogen) atoms. The lowest BCUT2D eigenvalue weighted by molar-refractivity contribution is 0.0527. The summed E-state index contributed by atoms with van der Waals surface area (Å²) in [4.78, 5) is 25.0. The Labute approximate surface area is 170 Å². The zero-order valence-electron chi connectivity index (χ0n) is 16.3. The minimum Gasteiger partial charge on any atom is -0.462 e. The smallest absolute Gasteiger partial charge is 0.348 e. The van der Waals surface area contributed by atoms with E-state index in [1.807, 2.05) is 0 Å². The van der Waals surface area contributed by atoms with E-state index in [-0.39, 0.29) is 13.2 Å². The molecule has 0 unspecified atom stereocenters. The summed E-state index contributed by atoms with van der Waals surface area (Å²) in [6, 6.07) is 0.331. The van der Waals surface area contributed by atoms with Gasteiger partial charge in [-0.15, -0.1) is 11.3 Å². The molecule has 0 spiro atoms. The number of rotatable bonds is 6. The topological polar surface area (TPSA) is 76.7 Å². The van der Waals surface area contributed by atoms with Gasteiger partial charge in [0.05, 0.1) is 18.8 Å². The average molecular weight is 413 g/mol. The highest BCUT2D eigenvalue weighted by molar-refractivity contribution is 7.80. The van der Waals surface area contributed by atoms with Crippen LogP contribution in [0.2, 0.25) is 0 Å². The molecule has 2 rings (SSSR count). The van der Waals surface area contributed by atoms with Crippen LogP contribution in [0.25, 0.3) is 0 Å². The predicted molar refractivity (Wildman–Crippen MR) is 112 cm³/mol. The number of esters is 2. The van der Waals surface area contributed by atoms with Gasteiger partial charge in [0.25, 0.3) is 0 Å². The second kappa shape index (κ2) is 10.0. The monoisotopic (exact) mass is 412 g/mol. The molecule has 1 fully saturated rings. The molecule has 0 aromatic carbocycles. The molecule has 0 aliphatic heterocycles. The van der Waals surface area contributed by atoms with Gasteiger partial charge in [0.2, 0.25) is 0 Å². The van der Waals surface area contributed by atoms with Gasteiger partial charge in [-0.2, -0.15) is 0 Å². The van der Waals surface area contributed by atoms with E-state index in [9.17, 15) is 9.59 Å². The predicted octanol–water partition coefficient (Wildman–Crippen LogP) is 4.28. The molecule has 1 aromatic heterocycles. The van der Waals surface area contributed by atoms with Crippen molar-refractivity contribution in [2.75, 3.05) is 18.5 Å². The summed E-state index contributed by atoms with van der Waals surface area (Å²) in [6.07, 6.45) is 4.51. The maximum Gasteiger partial charge on any atom is 0.348 e. The first-order valence-electron chi connectivity index (χ1n) is 9.42. The first-order chi connectivity index (χ1) is 12.9. The van der Waals surface area contributed by atoms with Crippen LogP contribution in [0.4, 0.5) is 5.00 Å². The molecule has 0 radical (unpaired) electrons. The van der Waals surface area contributed by atoms with E-state index in [2.05, 4.69) is 17.6 Å². The molecule has 2 N–H and O–H groups in total. The molecule has 1 saturated carbocycles. The van der Waals surface area contributed by atoms with Crippen LogP contribution in [0.3, 0.4) is 0 Å². The number of nitrogens with one attached hydrogen (secondary N) is 2. The van der Waals surface area contributed by atoms with Crippen LogP contribution in [-0.2, 0) is 9.47 Å². The van der Waals surface area contributed by atoms with Crippen molar-refractivity contribution in [2.24, 2.45) is 5.92 Å². The van der Waals surface area contributed by atoms with Gasteiger partial charge in [-0.3, -0.25) is 0 Å². The van der Waals surface area contributed by atoms with Crippen LogP contribution in [0.1, 0.15) is 72.0 Å². The number of ether oxygens (including phenoxy) is 2. The fourth-order valence-electron chi connectivity index (χ4n) is 3.17. The van der Waals surface area contributed by atoms with Gasteiger partial charge in [0.1, 0.15) is 9.88 Å². The Hall–Kier alpha value is -1.67. The standard InChI is InChI=1S/C19H28N2O4S2/c1-5-24-17(22)14-12(4)15(18(23)25-6-2)27-16(14)21-19(26)20-13-9-7-11(3)8-10-13/h11,13H,5-10H2,1-4H3,(H2,20,21,26). The van der Waals surface area contributed by atoms with E-state index in [0.717, 1.165) is 18.8 Å². The van der Waals surface area contributed by atoms with E-state index < -0.39 is 11.9 Å². The lowest BCUT2D eigenvalue weighted by Crippen LogP contribution is -2.39. The van der Waals surface area contributed by atoms with Crippen molar-refractivity contribution in [3.05, 3.63) is 16.0 Å². The van der Waals surface area contributed by atoms with Gasteiger partial charge < -0.3 is 20.1 Å². The van der Waals surface area contributed by atoms with Crippen molar-refractivity contribution < 1.29 is 19.1 Å². The van der Waals surface area contributed by atoms with Gasteiger partial charge in [0, 0.05) is 6.04 Å². The fraction of sp³-hybridized carbons (Fsp3) is 0.632. The lowest BCUT2D eigenvalue weighted by Gasteiger charge is -2.27. The third-order valence-electron chi connectivity index (χ3n) is 4.67. The van der Waals surface area contributed by atoms with Crippen molar-refractivity contribution in [2.45, 2.75) is 59.4 Å². The average Bonchev–Trinajstić information content (AvgIpc) is 2.93. The summed E-state index contributed by atoms with van der Waals surface area (Å²) in [5.41, 5.74) is 0.889. The summed E-state index contributed by atoms with van der Waals surface area (Å²) in [7, 11) is 0. The second-order valence-electron chi connectivity index (χ2n) is 6.76. The van der Waals surface area contributed by atoms with Crippen molar-refractivity contribution in [3.63, 3.8) is 0 Å². The molecule has 6 nitrogen and oxygen atoms in total. The first-order valence-corrected chi connectivity index (χ1v) is 10.6. The Morgan fingerprint density at radius 1 is 1.11 bits per heavy atom. The molecule has 1 aliphatic carbocycles. The third kappa shape index (κ3) is 5.65. The summed E-state index contributed by atoms with van der Waals surface area (Å²) >= 11 is 6.61. The molecule has 1 aliphatic rings. The minimum absolute atomic E-state index is 0.255. The highest BCUT2D eigenvalue weighted by Crippen LogP contribution is 2.34. The van der Waals surface area contributed by atoms with E-state index in [1.165, 1.54) is 24.2 Å². The number of carbonyl (C=O) groups is 2. The SMILES string of the molecule is CCOC(=O)c1sc(NC(=S)NC2CCC(C)CC2)c(C(=O)OCC)c1C. The van der Waals surface area contributed by atoms with Crippen LogP contribution < -0.4 is 10.6 Å². The molecule has 1 aromatic rings. The summed E-state index contributed by atoms with van der Waals surface area (Å²) < 4.78 is 10.3. The van der Waals surface area contributed by atoms with Crippen LogP contribution in [0.15, 0.2) is 0 Å². The van der Waals surface area contributed by atoms with Gasteiger partial charge in [-0.25, -0.2) is 9.59 Å². The van der Waals surface area contributed by atoms with Crippen molar-refractivity contribution in [1.29, 1.82) is 0 Å². The number of thiocarbonyl (C=S) groups is 1. The van der Waals surface area contributed by atoms with Crippen LogP contribution in [0, 0.1) is 12.8 Å². The van der Waals surface area contributed by atoms with Gasteiger partial charge >= 0.3 is 11.9 Å². The summed E-state index contributed by atoms with van der Waals surface area (Å²) in [5.74, 6) is -0.163. The summed E-state index contributed by atoms with van der Waals surface area (Å²) in [5, 5.41) is 7.39. The fourth-order valence-corrected chi connectivity index (χ4v) is 4.60. The molecule has 0 atom stereocenters. The zero-order valence-corrected chi connectivity index (χ0v) is 18.0. The Kier molecular flexibility index (Phi) is 8.04. The highest BCUT2D eigenvalue weighted by atomic mass is 32.1. The number of anilines is 1. The Morgan fingerprint density at radius 3 is 2.30 bits per heavy atom. The van der Waals surface area contributed by atoms with Crippen molar-refractivity contribution in [1.82, 2.24) is 5.32 Å². The Balaban J connectivity index is 2.17. The number of hydrogen-bond donors (Lipinski definition) is 2. The van der Waals surface area contributed by atoms with Crippen LogP contribution in [0.5, 0.6) is 0 Å². The number of thiophene rings is 1. The first kappa shape index (κ1) is 21.6. The van der Waals surface area contributed by atoms with Crippen LogP contribution in [-0.4, -0.2) is 36.3 Å². The van der Waals surface area contributed by atoms with E-state index in [0.29, 0.717) is 32.2 Å². The number of hydrogen-bond acceptors (Lipinski definition) is 6. The third-order valence-corrected chi connectivity index (χ3v) is 6.07. The molecule has 8 heteroatoms.